The molecule has 0 bridgehead atoms. The molecule has 2 N–H and O–H groups in total. The first-order chi connectivity index (χ1) is 11.6. The van der Waals surface area contributed by atoms with Crippen molar-refractivity contribution in [3.05, 3.63) is 60.2 Å². The third-order valence-corrected chi connectivity index (χ3v) is 3.98. The molecular weight excluding hydrogens is 308 g/mol. The number of hydrogen-bond donors (Lipinski definition) is 2. The van der Waals surface area contributed by atoms with Crippen LogP contribution < -0.4 is 10.2 Å². The van der Waals surface area contributed by atoms with Gasteiger partial charge in [-0.1, -0.05) is 30.3 Å². The molecule has 1 aliphatic heterocycles. The van der Waals surface area contributed by atoms with Crippen molar-refractivity contribution in [2.45, 2.75) is 6.42 Å². The zero-order valence-corrected chi connectivity index (χ0v) is 12.8. The van der Waals surface area contributed by atoms with E-state index in [2.05, 4.69) is 5.32 Å². The first-order valence-corrected chi connectivity index (χ1v) is 7.55. The zero-order valence-electron chi connectivity index (χ0n) is 12.8. The number of carbonyl (C=O) groups excluding carboxylic acids is 2. The topological polar surface area (TPSA) is 86.7 Å². The molecule has 1 atom stereocenters. The van der Waals surface area contributed by atoms with E-state index < -0.39 is 11.9 Å². The highest BCUT2D eigenvalue weighted by Crippen LogP contribution is 2.26. The summed E-state index contributed by atoms with van der Waals surface area (Å²) < 4.78 is 0. The van der Waals surface area contributed by atoms with Crippen LogP contribution in [0, 0.1) is 5.92 Å². The van der Waals surface area contributed by atoms with Gasteiger partial charge in [0.15, 0.2) is 0 Å². The molecule has 0 spiro atoms. The second-order valence-corrected chi connectivity index (χ2v) is 5.58. The third kappa shape index (κ3) is 3.12. The lowest BCUT2D eigenvalue weighted by molar-refractivity contribution is -0.122. The normalized spacial score (nSPS) is 16.9. The van der Waals surface area contributed by atoms with Crippen LogP contribution in [0.3, 0.4) is 0 Å². The Kier molecular flexibility index (Phi) is 4.29. The number of hydrogen-bond acceptors (Lipinski definition) is 3. The molecule has 2 aromatic carbocycles. The van der Waals surface area contributed by atoms with E-state index >= 15 is 0 Å². The quantitative estimate of drug-likeness (QED) is 0.904. The average Bonchev–Trinajstić information content (AvgIpc) is 2.98. The van der Waals surface area contributed by atoms with Crippen molar-refractivity contribution in [3.8, 4) is 0 Å². The van der Waals surface area contributed by atoms with E-state index in [1.807, 2.05) is 30.3 Å². The fourth-order valence-corrected chi connectivity index (χ4v) is 2.75. The maximum atomic E-state index is 12.4. The zero-order chi connectivity index (χ0) is 17.1. The lowest BCUT2D eigenvalue weighted by atomic mass is 10.1. The highest BCUT2D eigenvalue weighted by molar-refractivity contribution is 6.05. The van der Waals surface area contributed by atoms with Gasteiger partial charge in [0.25, 0.3) is 0 Å². The molecule has 0 aliphatic carbocycles. The molecule has 24 heavy (non-hydrogen) atoms. The number of carboxylic acids is 1. The SMILES string of the molecule is O=C(O)c1ccccc1NC(=O)[C@@H]1CC(=O)N(c2ccccc2)C1. The van der Waals surface area contributed by atoms with E-state index in [9.17, 15) is 14.4 Å². The van der Waals surface area contributed by atoms with Crippen LogP contribution in [0.1, 0.15) is 16.8 Å². The van der Waals surface area contributed by atoms with E-state index in [4.69, 9.17) is 5.11 Å². The minimum atomic E-state index is -1.11. The molecule has 0 saturated carbocycles. The van der Waals surface area contributed by atoms with Gasteiger partial charge in [0.2, 0.25) is 11.8 Å². The largest absolute Gasteiger partial charge is 0.478 e. The van der Waals surface area contributed by atoms with Crippen LogP contribution in [-0.4, -0.2) is 29.4 Å². The number of nitrogens with zero attached hydrogens (tertiary/aromatic N) is 1. The van der Waals surface area contributed by atoms with Gasteiger partial charge in [0, 0.05) is 18.7 Å². The minimum absolute atomic E-state index is 0.0232. The fraction of sp³-hybridized carbons (Fsp3) is 0.167. The summed E-state index contributed by atoms with van der Waals surface area (Å²) in [5.74, 6) is -2.10. The second kappa shape index (κ2) is 6.54. The Balaban J connectivity index is 1.73. The Morgan fingerprint density at radius 3 is 2.42 bits per heavy atom. The molecule has 1 heterocycles. The number of nitrogens with one attached hydrogen (secondary N) is 1. The summed E-state index contributed by atoms with van der Waals surface area (Å²) in [6.45, 7) is 0.282. The lowest BCUT2D eigenvalue weighted by Crippen LogP contribution is -2.28. The van der Waals surface area contributed by atoms with Crippen LogP contribution in [0.4, 0.5) is 11.4 Å². The first kappa shape index (κ1) is 15.7. The molecule has 0 aromatic heterocycles. The molecule has 3 rings (SSSR count). The van der Waals surface area contributed by atoms with E-state index in [1.165, 1.54) is 12.1 Å². The monoisotopic (exact) mass is 324 g/mol. The van der Waals surface area contributed by atoms with Crippen molar-refractivity contribution >= 4 is 29.2 Å². The van der Waals surface area contributed by atoms with E-state index in [1.54, 1.807) is 17.0 Å². The number of rotatable bonds is 4. The Bertz CT molecular complexity index is 789. The Morgan fingerprint density at radius 1 is 1.04 bits per heavy atom. The van der Waals surface area contributed by atoms with Crippen molar-refractivity contribution in [1.82, 2.24) is 0 Å². The summed E-state index contributed by atoms with van der Waals surface area (Å²) in [6, 6.07) is 15.4. The number of anilines is 2. The van der Waals surface area contributed by atoms with E-state index in [0.29, 0.717) is 0 Å². The van der Waals surface area contributed by atoms with Gasteiger partial charge in [-0.25, -0.2) is 4.79 Å². The molecule has 0 radical (unpaired) electrons. The van der Waals surface area contributed by atoms with Crippen LogP contribution in [0.15, 0.2) is 54.6 Å². The second-order valence-electron chi connectivity index (χ2n) is 5.58. The molecule has 122 valence electrons. The van der Waals surface area contributed by atoms with Gasteiger partial charge in [-0.3, -0.25) is 9.59 Å². The predicted molar refractivity (Wildman–Crippen MR) is 88.9 cm³/mol. The smallest absolute Gasteiger partial charge is 0.337 e. The standard InChI is InChI=1S/C18H16N2O4/c21-16-10-12(11-20(16)13-6-2-1-3-7-13)17(22)19-15-9-5-4-8-14(15)18(23)24/h1-9,12H,10-11H2,(H,19,22)(H,23,24)/t12-/m1/s1. The van der Waals surface area contributed by atoms with Crippen LogP contribution in [0.2, 0.25) is 0 Å². The molecule has 6 heteroatoms. The summed E-state index contributed by atoms with van der Waals surface area (Å²) in [5, 5.41) is 11.8. The highest BCUT2D eigenvalue weighted by Gasteiger charge is 2.35. The fourth-order valence-electron chi connectivity index (χ4n) is 2.75. The Morgan fingerprint density at radius 2 is 1.71 bits per heavy atom. The highest BCUT2D eigenvalue weighted by atomic mass is 16.4. The third-order valence-electron chi connectivity index (χ3n) is 3.98. The predicted octanol–water partition coefficient (Wildman–Crippen LogP) is 2.38. The average molecular weight is 324 g/mol. The molecule has 6 nitrogen and oxygen atoms in total. The minimum Gasteiger partial charge on any atom is -0.478 e. The van der Waals surface area contributed by atoms with Gasteiger partial charge >= 0.3 is 5.97 Å². The van der Waals surface area contributed by atoms with Gasteiger partial charge in [0.1, 0.15) is 0 Å². The molecule has 1 aliphatic rings. The first-order valence-electron chi connectivity index (χ1n) is 7.55. The Hall–Kier alpha value is -3.15. The summed E-state index contributed by atoms with van der Waals surface area (Å²) in [5.41, 5.74) is 1.01. The number of para-hydroxylation sites is 2. The van der Waals surface area contributed by atoms with Gasteiger partial charge in [-0.15, -0.1) is 0 Å². The van der Waals surface area contributed by atoms with Crippen molar-refractivity contribution in [2.75, 3.05) is 16.8 Å². The maximum absolute atomic E-state index is 12.4. The van der Waals surface area contributed by atoms with Crippen molar-refractivity contribution < 1.29 is 19.5 Å². The number of aromatic carboxylic acids is 1. The van der Waals surface area contributed by atoms with Gasteiger partial charge < -0.3 is 15.3 Å². The maximum Gasteiger partial charge on any atom is 0.337 e. The summed E-state index contributed by atoms with van der Waals surface area (Å²) in [4.78, 5) is 37.4. The van der Waals surface area contributed by atoms with Gasteiger partial charge in [-0.2, -0.15) is 0 Å². The van der Waals surface area contributed by atoms with Gasteiger partial charge in [-0.05, 0) is 24.3 Å². The molecular formula is C18H16N2O4. The summed E-state index contributed by atoms with van der Waals surface area (Å²) in [6.07, 6.45) is 0.107. The van der Waals surface area contributed by atoms with Crippen molar-refractivity contribution in [2.24, 2.45) is 5.92 Å². The lowest BCUT2D eigenvalue weighted by Gasteiger charge is -2.16. The molecule has 0 unspecified atom stereocenters. The van der Waals surface area contributed by atoms with Crippen LogP contribution in [-0.2, 0) is 9.59 Å². The summed E-state index contributed by atoms with van der Waals surface area (Å²) in [7, 11) is 0. The van der Waals surface area contributed by atoms with Crippen LogP contribution in [0.5, 0.6) is 0 Å². The molecule has 2 amide bonds. The number of benzene rings is 2. The van der Waals surface area contributed by atoms with Crippen molar-refractivity contribution in [1.29, 1.82) is 0 Å². The van der Waals surface area contributed by atoms with Crippen LogP contribution >= 0.6 is 0 Å². The number of amides is 2. The molecule has 1 saturated heterocycles. The van der Waals surface area contributed by atoms with Gasteiger partial charge in [0.05, 0.1) is 17.2 Å². The van der Waals surface area contributed by atoms with E-state index in [0.717, 1.165) is 5.69 Å². The Labute approximate surface area is 138 Å². The number of carboxylic acid groups (broad SMARTS) is 1. The van der Waals surface area contributed by atoms with Crippen LogP contribution in [0.25, 0.3) is 0 Å². The summed E-state index contributed by atoms with van der Waals surface area (Å²) >= 11 is 0. The van der Waals surface area contributed by atoms with Crippen molar-refractivity contribution in [3.63, 3.8) is 0 Å². The van der Waals surface area contributed by atoms with E-state index in [-0.39, 0.29) is 36.0 Å². The molecule has 2 aromatic rings. The number of carbonyl (C=O) groups is 3. The molecule has 1 fully saturated rings.